The predicted octanol–water partition coefficient (Wildman–Crippen LogP) is 3.93. The molecule has 0 unspecified atom stereocenters. The van der Waals surface area contributed by atoms with Crippen molar-refractivity contribution in [1.29, 1.82) is 0 Å². The Morgan fingerprint density at radius 1 is 1.07 bits per heavy atom. The predicted molar refractivity (Wildman–Crippen MR) is 106 cm³/mol. The molecule has 1 aliphatic rings. The molecule has 0 aliphatic carbocycles. The average Bonchev–Trinajstić information content (AvgIpc) is 3.11. The first-order valence-electron chi connectivity index (χ1n) is 8.93. The SMILES string of the molecule is CCCC(=O)N1N=C(c2ccc(OC)cc2)Sc2c1ncn2C(=O)CCC. The van der Waals surface area contributed by atoms with Crippen LogP contribution in [-0.2, 0) is 4.79 Å². The normalized spacial score (nSPS) is 13.1. The maximum atomic E-state index is 12.6. The summed E-state index contributed by atoms with van der Waals surface area (Å²) < 4.78 is 6.72. The summed E-state index contributed by atoms with van der Waals surface area (Å²) in [5.74, 6) is 0.971. The van der Waals surface area contributed by atoms with Gasteiger partial charge in [0, 0.05) is 18.4 Å². The summed E-state index contributed by atoms with van der Waals surface area (Å²) in [6, 6.07) is 7.44. The fraction of sp³-hybridized carbons (Fsp3) is 0.368. The molecule has 0 fully saturated rings. The number of amides is 1. The first kappa shape index (κ1) is 19.2. The van der Waals surface area contributed by atoms with Gasteiger partial charge in [0.15, 0.2) is 5.82 Å². The number of benzene rings is 1. The van der Waals surface area contributed by atoms with E-state index in [-0.39, 0.29) is 11.8 Å². The molecule has 27 heavy (non-hydrogen) atoms. The van der Waals surface area contributed by atoms with Crippen LogP contribution in [0, 0.1) is 0 Å². The second kappa shape index (κ2) is 8.39. The number of hydrazone groups is 1. The molecule has 3 rings (SSSR count). The van der Waals surface area contributed by atoms with Crippen LogP contribution in [-0.4, -0.2) is 33.5 Å². The quantitative estimate of drug-likeness (QED) is 0.752. The van der Waals surface area contributed by atoms with Gasteiger partial charge in [-0.1, -0.05) is 13.8 Å². The molecule has 0 saturated carbocycles. The second-order valence-electron chi connectivity index (χ2n) is 6.08. The highest BCUT2D eigenvalue weighted by Crippen LogP contribution is 2.37. The van der Waals surface area contributed by atoms with Gasteiger partial charge < -0.3 is 4.74 Å². The molecule has 1 aliphatic heterocycles. The van der Waals surface area contributed by atoms with E-state index in [4.69, 9.17) is 4.74 Å². The molecule has 0 bridgehead atoms. The number of hydrogen-bond donors (Lipinski definition) is 0. The average molecular weight is 386 g/mol. The number of aromatic nitrogens is 2. The Bertz CT molecular complexity index is 874. The van der Waals surface area contributed by atoms with E-state index in [1.807, 2.05) is 38.1 Å². The molecule has 1 aromatic heterocycles. The van der Waals surface area contributed by atoms with Crippen LogP contribution in [0.2, 0.25) is 0 Å². The van der Waals surface area contributed by atoms with Crippen molar-refractivity contribution in [3.63, 3.8) is 0 Å². The monoisotopic (exact) mass is 386 g/mol. The lowest BCUT2D eigenvalue weighted by Crippen LogP contribution is -2.30. The van der Waals surface area contributed by atoms with E-state index in [9.17, 15) is 9.59 Å². The number of carbonyl (C=O) groups excluding carboxylic acids is 2. The number of carbonyl (C=O) groups is 2. The van der Waals surface area contributed by atoms with E-state index in [0.717, 1.165) is 17.7 Å². The maximum Gasteiger partial charge on any atom is 0.248 e. The Balaban J connectivity index is 2.02. The molecule has 0 radical (unpaired) electrons. The highest BCUT2D eigenvalue weighted by atomic mass is 32.2. The molecule has 0 saturated heterocycles. The van der Waals surface area contributed by atoms with Crippen molar-refractivity contribution in [2.24, 2.45) is 5.10 Å². The summed E-state index contributed by atoms with van der Waals surface area (Å²) in [6.45, 7) is 3.89. The molecule has 8 heteroatoms. The highest BCUT2D eigenvalue weighted by Gasteiger charge is 2.31. The van der Waals surface area contributed by atoms with Crippen LogP contribution in [0.4, 0.5) is 5.82 Å². The third-order valence-electron chi connectivity index (χ3n) is 4.06. The summed E-state index contributed by atoms with van der Waals surface area (Å²) in [4.78, 5) is 29.4. The second-order valence-corrected chi connectivity index (χ2v) is 7.06. The Labute approximate surface area is 162 Å². The fourth-order valence-electron chi connectivity index (χ4n) is 2.67. The number of methoxy groups -OCH3 is 1. The minimum atomic E-state index is -0.141. The Hall–Kier alpha value is -2.61. The van der Waals surface area contributed by atoms with Crippen LogP contribution in [0.1, 0.15) is 49.9 Å². The minimum absolute atomic E-state index is 0.0439. The summed E-state index contributed by atoms with van der Waals surface area (Å²) >= 11 is 1.35. The largest absolute Gasteiger partial charge is 0.497 e. The van der Waals surface area contributed by atoms with Crippen molar-refractivity contribution in [1.82, 2.24) is 9.55 Å². The van der Waals surface area contributed by atoms with E-state index in [0.29, 0.717) is 35.2 Å². The van der Waals surface area contributed by atoms with Gasteiger partial charge >= 0.3 is 0 Å². The number of hydrogen-bond acceptors (Lipinski definition) is 6. The number of rotatable bonds is 6. The summed E-state index contributed by atoms with van der Waals surface area (Å²) in [6.07, 6.45) is 3.71. The molecular weight excluding hydrogens is 364 g/mol. The van der Waals surface area contributed by atoms with Crippen LogP contribution < -0.4 is 9.75 Å². The number of imidazole rings is 1. The summed E-state index contributed by atoms with van der Waals surface area (Å²) in [5, 5.41) is 7.11. The van der Waals surface area contributed by atoms with E-state index < -0.39 is 0 Å². The van der Waals surface area contributed by atoms with Crippen molar-refractivity contribution >= 4 is 34.4 Å². The van der Waals surface area contributed by atoms with E-state index in [2.05, 4.69) is 10.1 Å². The van der Waals surface area contributed by atoms with Crippen molar-refractivity contribution < 1.29 is 14.3 Å². The Kier molecular flexibility index (Phi) is 5.95. The van der Waals surface area contributed by atoms with E-state index in [1.165, 1.54) is 27.7 Å². The molecule has 1 aromatic carbocycles. The van der Waals surface area contributed by atoms with Crippen molar-refractivity contribution in [2.45, 2.75) is 44.6 Å². The molecule has 0 atom stereocenters. The molecule has 0 N–H and O–H groups in total. The van der Waals surface area contributed by atoms with Crippen LogP contribution in [0.15, 0.2) is 40.7 Å². The zero-order chi connectivity index (χ0) is 19.4. The molecule has 2 aromatic rings. The van der Waals surface area contributed by atoms with Gasteiger partial charge in [0.25, 0.3) is 0 Å². The first-order valence-corrected chi connectivity index (χ1v) is 9.75. The fourth-order valence-corrected chi connectivity index (χ4v) is 3.71. The van der Waals surface area contributed by atoms with Crippen molar-refractivity contribution in [3.8, 4) is 5.75 Å². The zero-order valence-corrected chi connectivity index (χ0v) is 16.5. The minimum Gasteiger partial charge on any atom is -0.497 e. The highest BCUT2D eigenvalue weighted by molar-refractivity contribution is 8.14. The lowest BCUT2D eigenvalue weighted by atomic mass is 10.2. The number of ether oxygens (including phenoxy) is 1. The van der Waals surface area contributed by atoms with Gasteiger partial charge in [-0.05, 0) is 48.9 Å². The topological polar surface area (TPSA) is 76.8 Å². The van der Waals surface area contributed by atoms with Crippen LogP contribution in [0.5, 0.6) is 5.75 Å². The summed E-state index contributed by atoms with van der Waals surface area (Å²) in [7, 11) is 1.61. The zero-order valence-electron chi connectivity index (χ0n) is 15.6. The standard InChI is InChI=1S/C19H22N4O3S/c1-4-6-15(24)22-12-20-17-19(22)27-18(21-23(17)16(25)7-5-2)13-8-10-14(26-3)11-9-13/h8-12H,4-7H2,1-3H3. The van der Waals surface area contributed by atoms with Crippen LogP contribution in [0.3, 0.4) is 0 Å². The van der Waals surface area contributed by atoms with Gasteiger partial charge in [0.1, 0.15) is 22.1 Å². The third-order valence-corrected chi connectivity index (χ3v) is 5.14. The Morgan fingerprint density at radius 3 is 2.37 bits per heavy atom. The van der Waals surface area contributed by atoms with Crippen LogP contribution in [0.25, 0.3) is 0 Å². The van der Waals surface area contributed by atoms with Gasteiger partial charge in [-0.2, -0.15) is 10.1 Å². The van der Waals surface area contributed by atoms with Gasteiger partial charge in [-0.15, -0.1) is 0 Å². The van der Waals surface area contributed by atoms with Gasteiger partial charge in [0.05, 0.1) is 7.11 Å². The molecular formula is C19H22N4O3S. The Morgan fingerprint density at radius 2 is 1.74 bits per heavy atom. The maximum absolute atomic E-state index is 12.6. The molecule has 7 nitrogen and oxygen atoms in total. The number of fused-ring (bicyclic) bond motifs is 1. The van der Waals surface area contributed by atoms with E-state index in [1.54, 1.807) is 7.11 Å². The molecule has 142 valence electrons. The molecule has 1 amide bonds. The lowest BCUT2D eigenvalue weighted by Gasteiger charge is -2.23. The number of thioether (sulfide) groups is 1. The molecule has 0 spiro atoms. The number of anilines is 1. The summed E-state index contributed by atoms with van der Waals surface area (Å²) in [5.41, 5.74) is 0.844. The van der Waals surface area contributed by atoms with E-state index >= 15 is 0 Å². The van der Waals surface area contributed by atoms with Crippen LogP contribution >= 0.6 is 11.8 Å². The number of nitrogens with zero attached hydrogens (tertiary/aromatic N) is 4. The van der Waals surface area contributed by atoms with Crippen molar-refractivity contribution in [3.05, 3.63) is 36.2 Å². The van der Waals surface area contributed by atoms with Gasteiger partial charge in [-0.25, -0.2) is 4.98 Å². The van der Waals surface area contributed by atoms with Crippen molar-refractivity contribution in [2.75, 3.05) is 12.1 Å². The van der Waals surface area contributed by atoms with Gasteiger partial charge in [0.2, 0.25) is 11.8 Å². The first-order chi connectivity index (χ1) is 13.1. The third kappa shape index (κ3) is 3.90. The smallest absolute Gasteiger partial charge is 0.248 e. The van der Waals surface area contributed by atoms with Gasteiger partial charge in [-0.3, -0.25) is 14.2 Å². The lowest BCUT2D eigenvalue weighted by molar-refractivity contribution is -0.118. The molecule has 2 heterocycles.